The lowest BCUT2D eigenvalue weighted by atomic mass is 10.1. The number of amides is 2. The third-order valence-corrected chi connectivity index (χ3v) is 9.25. The van der Waals surface area contributed by atoms with Crippen LogP contribution in [0.25, 0.3) is 0 Å². The Hall–Kier alpha value is -4.12. The van der Waals surface area contributed by atoms with Crippen LogP contribution in [0.5, 0.6) is 11.5 Å². The van der Waals surface area contributed by atoms with Crippen molar-refractivity contribution in [3.8, 4) is 11.5 Å². The first-order valence-corrected chi connectivity index (χ1v) is 15.8. The minimum atomic E-state index is -4.36. The smallest absolute Gasteiger partial charge is 0.264 e. The number of rotatable bonds is 12. The molecule has 0 spiro atoms. The standard InChI is InChI=1S/C32H38FN3O6S/c1-5-23(4)34-32(38)28(6-2)35(20-24-10-8-7-9-22(24)3)31(37)21-36(26-13-11-25(33)12-14-26)43(39,40)27-15-16-29-30(19-27)42-18-17-41-29/h7-16,19,23,28H,5-6,17-18,20-21H2,1-4H3,(H,34,38)/t23-,28+/m1/s1. The Kier molecular flexibility index (Phi) is 10.3. The Morgan fingerprint density at radius 2 is 1.63 bits per heavy atom. The number of nitrogens with one attached hydrogen (secondary N) is 1. The van der Waals surface area contributed by atoms with Crippen molar-refractivity contribution in [2.75, 3.05) is 24.1 Å². The van der Waals surface area contributed by atoms with E-state index in [1.807, 2.05) is 52.0 Å². The van der Waals surface area contributed by atoms with Crippen molar-refractivity contribution in [1.29, 1.82) is 0 Å². The number of fused-ring (bicyclic) bond motifs is 1. The van der Waals surface area contributed by atoms with E-state index in [1.165, 1.54) is 35.2 Å². The Morgan fingerprint density at radius 1 is 0.953 bits per heavy atom. The van der Waals surface area contributed by atoms with Gasteiger partial charge in [0.25, 0.3) is 10.0 Å². The topological polar surface area (TPSA) is 105 Å². The van der Waals surface area contributed by atoms with Crippen molar-refractivity contribution in [2.24, 2.45) is 0 Å². The summed E-state index contributed by atoms with van der Waals surface area (Å²) in [5.41, 5.74) is 1.85. The fourth-order valence-electron chi connectivity index (χ4n) is 4.78. The van der Waals surface area contributed by atoms with Gasteiger partial charge in [-0.25, -0.2) is 12.8 Å². The minimum Gasteiger partial charge on any atom is -0.486 e. The minimum absolute atomic E-state index is 0.0950. The SMILES string of the molecule is CC[C@@H](C)NC(=O)[C@H](CC)N(Cc1ccccc1C)C(=O)CN(c1ccc(F)cc1)S(=O)(=O)c1ccc2c(c1)OCCO2. The molecule has 0 saturated heterocycles. The van der Waals surface area contributed by atoms with Crippen molar-refractivity contribution in [1.82, 2.24) is 10.2 Å². The van der Waals surface area contributed by atoms with E-state index >= 15 is 0 Å². The number of hydrogen-bond donors (Lipinski definition) is 1. The van der Waals surface area contributed by atoms with Crippen molar-refractivity contribution >= 4 is 27.5 Å². The highest BCUT2D eigenvalue weighted by molar-refractivity contribution is 7.92. The predicted molar refractivity (Wildman–Crippen MR) is 162 cm³/mol. The molecule has 4 rings (SSSR count). The molecule has 1 aliphatic heterocycles. The summed E-state index contributed by atoms with van der Waals surface area (Å²) in [4.78, 5) is 28.9. The average Bonchev–Trinajstić information content (AvgIpc) is 3.00. The molecule has 0 radical (unpaired) electrons. The molecular weight excluding hydrogens is 573 g/mol. The molecule has 230 valence electrons. The van der Waals surface area contributed by atoms with Gasteiger partial charge in [0.1, 0.15) is 31.6 Å². The van der Waals surface area contributed by atoms with Gasteiger partial charge < -0.3 is 19.7 Å². The summed E-state index contributed by atoms with van der Waals surface area (Å²) in [5.74, 6) is -0.772. The zero-order valence-electron chi connectivity index (χ0n) is 24.9. The first-order chi connectivity index (χ1) is 20.5. The quantitative estimate of drug-likeness (QED) is 0.315. The van der Waals surface area contributed by atoms with Crippen LogP contribution in [0.15, 0.2) is 71.6 Å². The third kappa shape index (κ3) is 7.45. The highest BCUT2D eigenvalue weighted by Gasteiger charge is 2.34. The largest absolute Gasteiger partial charge is 0.486 e. The molecule has 0 saturated carbocycles. The van der Waals surface area contributed by atoms with E-state index in [4.69, 9.17) is 9.47 Å². The molecule has 2 atom stereocenters. The van der Waals surface area contributed by atoms with Gasteiger partial charge in [0, 0.05) is 18.7 Å². The average molecular weight is 612 g/mol. The number of anilines is 1. The highest BCUT2D eigenvalue weighted by atomic mass is 32.2. The molecule has 1 N–H and O–H groups in total. The maximum atomic E-state index is 14.2. The number of ether oxygens (including phenoxy) is 2. The van der Waals surface area contributed by atoms with Gasteiger partial charge in [-0.3, -0.25) is 13.9 Å². The van der Waals surface area contributed by atoms with Crippen LogP contribution in [0.2, 0.25) is 0 Å². The second-order valence-corrected chi connectivity index (χ2v) is 12.3. The fourth-order valence-corrected chi connectivity index (χ4v) is 6.21. The zero-order valence-corrected chi connectivity index (χ0v) is 25.7. The first-order valence-electron chi connectivity index (χ1n) is 14.4. The Balaban J connectivity index is 1.75. The number of sulfonamides is 1. The van der Waals surface area contributed by atoms with Crippen LogP contribution in [0.1, 0.15) is 44.7 Å². The fraction of sp³-hybridized carbons (Fsp3) is 0.375. The number of nitrogens with zero attached hydrogens (tertiary/aromatic N) is 2. The van der Waals surface area contributed by atoms with Crippen LogP contribution in [-0.2, 0) is 26.2 Å². The van der Waals surface area contributed by atoms with Crippen LogP contribution in [0.3, 0.4) is 0 Å². The van der Waals surface area contributed by atoms with Gasteiger partial charge in [0.05, 0.1) is 10.6 Å². The Labute approximate surface area is 252 Å². The van der Waals surface area contributed by atoms with E-state index < -0.39 is 34.3 Å². The Morgan fingerprint density at radius 3 is 2.28 bits per heavy atom. The lowest BCUT2D eigenvalue weighted by Gasteiger charge is -2.34. The van der Waals surface area contributed by atoms with Gasteiger partial charge >= 0.3 is 0 Å². The van der Waals surface area contributed by atoms with Crippen molar-refractivity contribution < 1.29 is 31.9 Å². The van der Waals surface area contributed by atoms with Crippen molar-refractivity contribution in [3.05, 3.63) is 83.7 Å². The maximum Gasteiger partial charge on any atom is 0.264 e. The van der Waals surface area contributed by atoms with Crippen molar-refractivity contribution in [3.63, 3.8) is 0 Å². The molecule has 0 bridgehead atoms. The first kappa shape index (κ1) is 31.8. The number of benzene rings is 3. The molecule has 9 nitrogen and oxygen atoms in total. The summed E-state index contributed by atoms with van der Waals surface area (Å²) in [6.07, 6.45) is 1.02. The molecule has 11 heteroatoms. The van der Waals surface area contributed by atoms with Gasteiger partial charge in [0.2, 0.25) is 11.8 Å². The van der Waals surface area contributed by atoms with E-state index in [-0.39, 0.29) is 41.4 Å². The molecule has 0 unspecified atom stereocenters. The van der Waals surface area contributed by atoms with E-state index in [2.05, 4.69) is 5.32 Å². The molecular formula is C32H38FN3O6S. The summed E-state index contributed by atoms with van der Waals surface area (Å²) in [5, 5.41) is 2.96. The van der Waals surface area contributed by atoms with Gasteiger partial charge in [0.15, 0.2) is 11.5 Å². The monoisotopic (exact) mass is 611 g/mol. The van der Waals surface area contributed by atoms with Crippen molar-refractivity contribution in [2.45, 2.75) is 64.1 Å². The Bertz CT molecular complexity index is 1550. The molecule has 1 aliphatic rings. The van der Waals surface area contributed by atoms with E-state index in [0.29, 0.717) is 25.2 Å². The number of carbonyl (C=O) groups is 2. The molecule has 0 aromatic heterocycles. The number of halogens is 1. The van der Waals surface area contributed by atoms with Gasteiger partial charge in [-0.05, 0) is 74.2 Å². The summed E-state index contributed by atoms with van der Waals surface area (Å²) < 4.78 is 54.2. The van der Waals surface area contributed by atoms with Crippen LogP contribution < -0.4 is 19.1 Å². The molecule has 3 aromatic carbocycles. The van der Waals surface area contributed by atoms with E-state index in [1.54, 1.807) is 0 Å². The number of carbonyl (C=O) groups excluding carboxylic acids is 2. The zero-order chi connectivity index (χ0) is 31.1. The van der Waals surface area contributed by atoms with Crippen LogP contribution in [0, 0.1) is 12.7 Å². The normalized spacial score (nSPS) is 14.0. The molecule has 43 heavy (non-hydrogen) atoms. The van der Waals surface area contributed by atoms with Crippen LogP contribution in [0.4, 0.5) is 10.1 Å². The highest BCUT2D eigenvalue weighted by Crippen LogP contribution is 2.34. The van der Waals surface area contributed by atoms with Crippen LogP contribution in [-0.4, -0.2) is 57.0 Å². The lowest BCUT2D eigenvalue weighted by Crippen LogP contribution is -2.53. The molecule has 3 aromatic rings. The van der Waals surface area contributed by atoms with Gasteiger partial charge in [-0.1, -0.05) is 38.1 Å². The summed E-state index contributed by atoms with van der Waals surface area (Å²) in [6, 6.07) is 15.7. The maximum absolute atomic E-state index is 14.2. The summed E-state index contributed by atoms with van der Waals surface area (Å²) >= 11 is 0. The molecule has 0 fully saturated rings. The van der Waals surface area contributed by atoms with E-state index in [0.717, 1.165) is 27.6 Å². The van der Waals surface area contributed by atoms with Crippen LogP contribution >= 0.6 is 0 Å². The predicted octanol–water partition coefficient (Wildman–Crippen LogP) is 4.82. The number of hydrogen-bond acceptors (Lipinski definition) is 6. The third-order valence-electron chi connectivity index (χ3n) is 7.48. The second kappa shape index (κ2) is 13.9. The number of aryl methyl sites for hydroxylation is 1. The van der Waals surface area contributed by atoms with E-state index in [9.17, 15) is 22.4 Å². The molecule has 1 heterocycles. The lowest BCUT2D eigenvalue weighted by molar-refractivity contribution is -0.140. The second-order valence-electron chi connectivity index (χ2n) is 10.5. The summed E-state index contributed by atoms with van der Waals surface area (Å²) in [7, 11) is -4.36. The molecule has 2 amide bonds. The molecule has 0 aliphatic carbocycles. The van der Waals surface area contributed by atoms with Gasteiger partial charge in [-0.2, -0.15) is 0 Å². The summed E-state index contributed by atoms with van der Waals surface area (Å²) in [6.45, 7) is 7.63. The van der Waals surface area contributed by atoms with Gasteiger partial charge in [-0.15, -0.1) is 0 Å².